The number of nitrogen functional groups attached to an aromatic ring is 1. The van der Waals surface area contributed by atoms with Crippen LogP contribution in [0.25, 0.3) is 11.3 Å². The third kappa shape index (κ3) is 3.62. The molecule has 1 aromatic heterocycles. The third-order valence-corrected chi connectivity index (χ3v) is 4.01. The Hall–Kier alpha value is -2.67. The third-order valence-electron chi connectivity index (χ3n) is 4.01. The molecule has 2 aromatic rings. The summed E-state index contributed by atoms with van der Waals surface area (Å²) in [6.07, 6.45) is 3.54. The lowest BCUT2D eigenvalue weighted by Gasteiger charge is -2.23. The smallest absolute Gasteiger partial charge is 0.274 e. The van der Waals surface area contributed by atoms with Crippen LogP contribution >= 0.6 is 0 Å². The lowest BCUT2D eigenvalue weighted by molar-refractivity contribution is 0.0926. The number of nitrogens with zero attached hydrogens (tertiary/aromatic N) is 2. The fourth-order valence-corrected chi connectivity index (χ4v) is 2.72. The minimum Gasteiger partial charge on any atom is -0.497 e. The first-order chi connectivity index (χ1) is 11.7. The van der Waals surface area contributed by atoms with E-state index in [-0.39, 0.29) is 23.5 Å². The molecule has 1 aromatic carbocycles. The van der Waals surface area contributed by atoms with Crippen molar-refractivity contribution in [1.82, 2.24) is 20.6 Å². The average Bonchev–Trinajstić information content (AvgIpc) is 2.63. The number of ether oxygens (including phenoxy) is 1. The van der Waals surface area contributed by atoms with Crippen molar-refractivity contribution in [2.45, 2.75) is 18.9 Å². The first kappa shape index (κ1) is 16.2. The van der Waals surface area contributed by atoms with Gasteiger partial charge in [0.25, 0.3) is 5.91 Å². The molecule has 7 nitrogen and oxygen atoms in total. The van der Waals surface area contributed by atoms with Crippen molar-refractivity contribution in [2.75, 3.05) is 25.9 Å². The van der Waals surface area contributed by atoms with Crippen LogP contribution in [0.3, 0.4) is 0 Å². The van der Waals surface area contributed by atoms with Crippen LogP contribution in [0.1, 0.15) is 23.3 Å². The predicted molar refractivity (Wildman–Crippen MR) is 91.8 cm³/mol. The van der Waals surface area contributed by atoms with Gasteiger partial charge in [0.05, 0.1) is 19.0 Å². The Bertz CT molecular complexity index is 729. The number of amides is 1. The highest BCUT2D eigenvalue weighted by molar-refractivity contribution is 5.97. The van der Waals surface area contributed by atoms with Crippen molar-refractivity contribution in [2.24, 2.45) is 0 Å². The van der Waals surface area contributed by atoms with Gasteiger partial charge in [0.15, 0.2) is 11.5 Å². The highest BCUT2D eigenvalue weighted by Crippen LogP contribution is 2.23. The molecule has 4 N–H and O–H groups in total. The summed E-state index contributed by atoms with van der Waals surface area (Å²) in [6.45, 7) is 1.74. The van der Waals surface area contributed by atoms with Gasteiger partial charge in [-0.1, -0.05) is 12.1 Å². The Morgan fingerprint density at radius 3 is 3.08 bits per heavy atom. The molecule has 1 amide bonds. The number of nitrogens with one attached hydrogen (secondary N) is 2. The number of anilines is 1. The topological polar surface area (TPSA) is 102 Å². The summed E-state index contributed by atoms with van der Waals surface area (Å²) in [6, 6.07) is 7.52. The number of hydrogen-bond acceptors (Lipinski definition) is 6. The predicted octanol–water partition coefficient (Wildman–Crippen LogP) is 1.22. The fourth-order valence-electron chi connectivity index (χ4n) is 2.72. The largest absolute Gasteiger partial charge is 0.497 e. The average molecular weight is 327 g/mol. The molecule has 0 unspecified atom stereocenters. The van der Waals surface area contributed by atoms with E-state index in [4.69, 9.17) is 10.5 Å². The van der Waals surface area contributed by atoms with Crippen LogP contribution in [0.15, 0.2) is 30.5 Å². The first-order valence-corrected chi connectivity index (χ1v) is 7.96. The number of methoxy groups -OCH3 is 1. The monoisotopic (exact) mass is 327 g/mol. The molecule has 0 bridgehead atoms. The molecular weight excluding hydrogens is 306 g/mol. The number of piperidine rings is 1. The minimum absolute atomic E-state index is 0.0907. The number of aromatic nitrogens is 2. The fraction of sp³-hybridized carbons (Fsp3) is 0.353. The van der Waals surface area contributed by atoms with E-state index < -0.39 is 0 Å². The van der Waals surface area contributed by atoms with Crippen molar-refractivity contribution in [3.8, 4) is 17.0 Å². The van der Waals surface area contributed by atoms with Gasteiger partial charge >= 0.3 is 0 Å². The van der Waals surface area contributed by atoms with Gasteiger partial charge in [0.2, 0.25) is 0 Å². The number of carbonyl (C=O) groups is 1. The highest BCUT2D eigenvalue weighted by Gasteiger charge is 2.20. The van der Waals surface area contributed by atoms with E-state index in [9.17, 15) is 4.79 Å². The summed E-state index contributed by atoms with van der Waals surface area (Å²) >= 11 is 0. The maximum absolute atomic E-state index is 12.5. The molecule has 1 saturated heterocycles. The number of benzene rings is 1. The summed E-state index contributed by atoms with van der Waals surface area (Å²) in [5.41, 5.74) is 7.40. The Morgan fingerprint density at radius 1 is 1.46 bits per heavy atom. The van der Waals surface area contributed by atoms with Gasteiger partial charge in [-0.15, -0.1) is 0 Å². The molecule has 126 valence electrons. The van der Waals surface area contributed by atoms with Crippen LogP contribution in [0.5, 0.6) is 5.75 Å². The van der Waals surface area contributed by atoms with Gasteiger partial charge in [-0.25, -0.2) is 9.97 Å². The van der Waals surface area contributed by atoms with Crippen molar-refractivity contribution < 1.29 is 9.53 Å². The number of hydrogen-bond donors (Lipinski definition) is 3. The van der Waals surface area contributed by atoms with Gasteiger partial charge in [-0.2, -0.15) is 0 Å². The summed E-state index contributed by atoms with van der Waals surface area (Å²) < 4.78 is 5.22. The maximum atomic E-state index is 12.5. The minimum atomic E-state index is -0.293. The van der Waals surface area contributed by atoms with E-state index in [1.165, 1.54) is 0 Å². The van der Waals surface area contributed by atoms with Crippen LogP contribution in [0, 0.1) is 0 Å². The SMILES string of the molecule is COc1cccc(-c2cnc(N)c(C(=O)N[C@H]3CCCNC3)n2)c1. The van der Waals surface area contributed by atoms with E-state index in [0.29, 0.717) is 11.4 Å². The number of nitrogens with two attached hydrogens (primary N) is 1. The quantitative estimate of drug-likeness (QED) is 0.780. The van der Waals surface area contributed by atoms with E-state index in [1.54, 1.807) is 13.3 Å². The van der Waals surface area contributed by atoms with Crippen LogP contribution < -0.4 is 21.1 Å². The molecule has 7 heteroatoms. The Kier molecular flexibility index (Phi) is 4.90. The second-order valence-corrected chi connectivity index (χ2v) is 5.74. The summed E-state index contributed by atoms with van der Waals surface area (Å²) in [7, 11) is 1.60. The van der Waals surface area contributed by atoms with Gasteiger partial charge < -0.3 is 21.1 Å². The van der Waals surface area contributed by atoms with E-state index >= 15 is 0 Å². The van der Waals surface area contributed by atoms with E-state index in [1.807, 2.05) is 24.3 Å². The van der Waals surface area contributed by atoms with E-state index in [0.717, 1.165) is 31.5 Å². The zero-order valence-electron chi connectivity index (χ0n) is 13.6. The number of carbonyl (C=O) groups excluding carboxylic acids is 1. The lowest BCUT2D eigenvalue weighted by Crippen LogP contribution is -2.46. The van der Waals surface area contributed by atoms with Gasteiger partial charge in [0, 0.05) is 18.2 Å². The molecular formula is C17H21N5O2. The molecule has 3 rings (SSSR count). The first-order valence-electron chi connectivity index (χ1n) is 7.96. The molecule has 24 heavy (non-hydrogen) atoms. The zero-order chi connectivity index (χ0) is 16.9. The molecule has 2 heterocycles. The van der Waals surface area contributed by atoms with Crippen LogP contribution in [0.4, 0.5) is 5.82 Å². The Balaban J connectivity index is 1.83. The normalized spacial score (nSPS) is 17.3. The highest BCUT2D eigenvalue weighted by atomic mass is 16.5. The summed E-state index contributed by atoms with van der Waals surface area (Å²) in [4.78, 5) is 21.0. The standard InChI is InChI=1S/C17H21N5O2/c1-24-13-6-2-4-11(8-13)14-10-20-16(18)15(22-14)17(23)21-12-5-3-7-19-9-12/h2,4,6,8,10,12,19H,3,5,7,9H2,1H3,(H2,18,20)(H,21,23)/t12-/m0/s1. The summed E-state index contributed by atoms with van der Waals surface area (Å²) in [5, 5.41) is 6.23. The van der Waals surface area contributed by atoms with Crippen LogP contribution in [-0.4, -0.2) is 42.1 Å². The molecule has 0 spiro atoms. The lowest BCUT2D eigenvalue weighted by atomic mass is 10.1. The maximum Gasteiger partial charge on any atom is 0.274 e. The molecule has 0 radical (unpaired) electrons. The molecule has 0 saturated carbocycles. The molecule has 1 fully saturated rings. The second-order valence-electron chi connectivity index (χ2n) is 5.74. The zero-order valence-corrected chi connectivity index (χ0v) is 13.6. The van der Waals surface area contributed by atoms with Crippen molar-refractivity contribution in [3.63, 3.8) is 0 Å². The molecule has 0 aliphatic carbocycles. The van der Waals surface area contributed by atoms with Gasteiger partial charge in [-0.05, 0) is 31.5 Å². The molecule has 1 aliphatic heterocycles. The molecule has 1 atom stereocenters. The van der Waals surface area contributed by atoms with Gasteiger partial charge in [0.1, 0.15) is 5.75 Å². The van der Waals surface area contributed by atoms with Crippen molar-refractivity contribution >= 4 is 11.7 Å². The number of rotatable bonds is 4. The second kappa shape index (κ2) is 7.27. The Labute approximate surface area is 140 Å². The van der Waals surface area contributed by atoms with Gasteiger partial charge in [-0.3, -0.25) is 4.79 Å². The Morgan fingerprint density at radius 2 is 2.33 bits per heavy atom. The van der Waals surface area contributed by atoms with Crippen LogP contribution in [0.2, 0.25) is 0 Å². The molecule has 1 aliphatic rings. The van der Waals surface area contributed by atoms with Crippen LogP contribution in [-0.2, 0) is 0 Å². The van der Waals surface area contributed by atoms with Crippen molar-refractivity contribution in [1.29, 1.82) is 0 Å². The van der Waals surface area contributed by atoms with Crippen molar-refractivity contribution in [3.05, 3.63) is 36.2 Å². The van der Waals surface area contributed by atoms with E-state index in [2.05, 4.69) is 20.6 Å². The summed E-state index contributed by atoms with van der Waals surface area (Å²) in [5.74, 6) is 0.548.